The lowest BCUT2D eigenvalue weighted by Crippen LogP contribution is -2.25. The average molecular weight is 315 g/mol. The van der Waals surface area contributed by atoms with Crippen LogP contribution in [0.3, 0.4) is 0 Å². The number of carbonyl (C=O) groups excluding carboxylic acids is 1. The van der Waals surface area contributed by atoms with Gasteiger partial charge in [0.1, 0.15) is 5.56 Å². The second kappa shape index (κ2) is 7.42. The van der Waals surface area contributed by atoms with Crippen molar-refractivity contribution in [3.05, 3.63) is 52.4 Å². The lowest BCUT2D eigenvalue weighted by Gasteiger charge is -2.14. The van der Waals surface area contributed by atoms with Gasteiger partial charge in [0, 0.05) is 19.0 Å². The van der Waals surface area contributed by atoms with E-state index in [9.17, 15) is 4.79 Å². The smallest absolute Gasteiger partial charge is 0.257 e. The lowest BCUT2D eigenvalue weighted by molar-refractivity contribution is 0.0947. The Balaban J connectivity index is 2.13. The molecule has 5 heteroatoms. The Morgan fingerprint density at radius 2 is 1.91 bits per heavy atom. The Labute approximate surface area is 137 Å². The molecular weight excluding hydrogens is 290 g/mol. The summed E-state index contributed by atoms with van der Waals surface area (Å²) in [6.07, 6.45) is 0. The van der Waals surface area contributed by atoms with Crippen LogP contribution in [0.2, 0.25) is 0 Å². The van der Waals surface area contributed by atoms with Gasteiger partial charge in [-0.15, -0.1) is 0 Å². The van der Waals surface area contributed by atoms with E-state index in [1.165, 1.54) is 5.56 Å². The monoisotopic (exact) mass is 315 g/mol. The first-order valence-corrected chi connectivity index (χ1v) is 7.86. The van der Waals surface area contributed by atoms with Crippen molar-refractivity contribution in [2.24, 2.45) is 0 Å². The third-order valence-electron chi connectivity index (χ3n) is 3.68. The summed E-state index contributed by atoms with van der Waals surface area (Å²) in [5, 5.41) is 6.92. The first-order chi connectivity index (χ1) is 10.9. The standard InChI is InChI=1S/C18H25N3O2/c1-12(2)17-16(13(3)20-23-17)18(22)19-10-14-8-6-7-9-15(14)11-21(4)5/h6-9,12H,10-11H2,1-5H3,(H,19,22). The van der Waals surface area contributed by atoms with E-state index in [1.807, 2.05) is 46.1 Å². The molecule has 2 rings (SSSR count). The molecule has 2 aromatic rings. The van der Waals surface area contributed by atoms with Gasteiger partial charge in [0.2, 0.25) is 0 Å². The normalized spacial score (nSPS) is 11.3. The summed E-state index contributed by atoms with van der Waals surface area (Å²) in [5.41, 5.74) is 3.52. The van der Waals surface area contributed by atoms with Crippen LogP contribution in [0.15, 0.2) is 28.8 Å². The Morgan fingerprint density at radius 1 is 1.26 bits per heavy atom. The largest absolute Gasteiger partial charge is 0.360 e. The summed E-state index contributed by atoms with van der Waals surface area (Å²) in [5.74, 6) is 0.631. The van der Waals surface area contributed by atoms with Gasteiger partial charge in [-0.25, -0.2) is 0 Å². The molecule has 0 bridgehead atoms. The van der Waals surface area contributed by atoms with E-state index >= 15 is 0 Å². The number of carbonyl (C=O) groups is 1. The quantitative estimate of drug-likeness (QED) is 0.890. The molecule has 1 aromatic carbocycles. The minimum Gasteiger partial charge on any atom is -0.360 e. The van der Waals surface area contributed by atoms with Crippen LogP contribution < -0.4 is 5.32 Å². The highest BCUT2D eigenvalue weighted by Gasteiger charge is 2.22. The van der Waals surface area contributed by atoms with Crippen LogP contribution in [0.1, 0.15) is 52.7 Å². The second-order valence-electron chi connectivity index (χ2n) is 6.35. The van der Waals surface area contributed by atoms with Crippen molar-refractivity contribution in [3.8, 4) is 0 Å². The Hall–Kier alpha value is -2.14. The fourth-order valence-corrected chi connectivity index (χ4v) is 2.55. The molecule has 124 valence electrons. The SMILES string of the molecule is Cc1noc(C(C)C)c1C(=O)NCc1ccccc1CN(C)C. The van der Waals surface area contributed by atoms with Crippen molar-refractivity contribution in [2.45, 2.75) is 39.8 Å². The van der Waals surface area contributed by atoms with Crippen LogP contribution in [0.25, 0.3) is 0 Å². The van der Waals surface area contributed by atoms with E-state index in [0.717, 1.165) is 12.1 Å². The molecule has 1 heterocycles. The molecule has 0 fully saturated rings. The Morgan fingerprint density at radius 3 is 2.52 bits per heavy atom. The van der Waals surface area contributed by atoms with Gasteiger partial charge in [-0.05, 0) is 32.1 Å². The predicted molar refractivity (Wildman–Crippen MR) is 90.3 cm³/mol. The first kappa shape index (κ1) is 17.2. The molecule has 1 aromatic heterocycles. The zero-order chi connectivity index (χ0) is 17.0. The zero-order valence-electron chi connectivity index (χ0n) is 14.5. The maximum atomic E-state index is 12.5. The van der Waals surface area contributed by atoms with Gasteiger partial charge in [-0.1, -0.05) is 43.3 Å². The fourth-order valence-electron chi connectivity index (χ4n) is 2.55. The molecule has 23 heavy (non-hydrogen) atoms. The van der Waals surface area contributed by atoms with Crippen molar-refractivity contribution in [1.29, 1.82) is 0 Å². The molecule has 1 amide bonds. The number of amides is 1. The molecule has 0 saturated carbocycles. The van der Waals surface area contributed by atoms with Gasteiger partial charge in [0.15, 0.2) is 5.76 Å². The molecule has 1 N–H and O–H groups in total. The Bertz CT molecular complexity index is 675. The summed E-state index contributed by atoms with van der Waals surface area (Å²) >= 11 is 0. The van der Waals surface area contributed by atoms with Crippen LogP contribution in [0.5, 0.6) is 0 Å². The lowest BCUT2D eigenvalue weighted by atomic mass is 10.0. The summed E-state index contributed by atoms with van der Waals surface area (Å²) < 4.78 is 5.29. The predicted octanol–water partition coefficient (Wildman–Crippen LogP) is 3.10. The topological polar surface area (TPSA) is 58.4 Å². The second-order valence-corrected chi connectivity index (χ2v) is 6.35. The molecule has 5 nitrogen and oxygen atoms in total. The highest BCUT2D eigenvalue weighted by Crippen LogP contribution is 2.22. The van der Waals surface area contributed by atoms with Crippen molar-refractivity contribution >= 4 is 5.91 Å². The van der Waals surface area contributed by atoms with Crippen LogP contribution in [0.4, 0.5) is 0 Å². The minimum absolute atomic E-state index is 0.123. The number of nitrogens with zero attached hydrogens (tertiary/aromatic N) is 2. The number of aromatic nitrogens is 1. The van der Waals surface area contributed by atoms with Gasteiger partial charge >= 0.3 is 0 Å². The van der Waals surface area contributed by atoms with Crippen molar-refractivity contribution < 1.29 is 9.32 Å². The number of benzene rings is 1. The van der Waals surface area contributed by atoms with Crippen molar-refractivity contribution in [3.63, 3.8) is 0 Å². The van der Waals surface area contributed by atoms with Crippen LogP contribution >= 0.6 is 0 Å². The van der Waals surface area contributed by atoms with Gasteiger partial charge in [0.25, 0.3) is 5.91 Å². The van der Waals surface area contributed by atoms with Crippen molar-refractivity contribution in [1.82, 2.24) is 15.4 Å². The molecule has 0 aliphatic carbocycles. The number of aryl methyl sites for hydroxylation is 1. The maximum absolute atomic E-state index is 12.5. The molecule has 0 saturated heterocycles. The number of nitrogens with one attached hydrogen (secondary N) is 1. The summed E-state index contributed by atoms with van der Waals surface area (Å²) in [6, 6.07) is 8.14. The van der Waals surface area contributed by atoms with E-state index in [2.05, 4.69) is 21.4 Å². The Kier molecular flexibility index (Phi) is 5.55. The van der Waals surface area contributed by atoms with Crippen LogP contribution in [-0.4, -0.2) is 30.1 Å². The van der Waals surface area contributed by atoms with Crippen LogP contribution in [-0.2, 0) is 13.1 Å². The third-order valence-corrected chi connectivity index (χ3v) is 3.68. The molecule has 0 unspecified atom stereocenters. The van der Waals surface area contributed by atoms with E-state index in [0.29, 0.717) is 23.6 Å². The van der Waals surface area contributed by atoms with E-state index in [-0.39, 0.29) is 11.8 Å². The van der Waals surface area contributed by atoms with Gasteiger partial charge in [-0.2, -0.15) is 0 Å². The first-order valence-electron chi connectivity index (χ1n) is 7.86. The molecule has 0 aliphatic heterocycles. The fraction of sp³-hybridized carbons (Fsp3) is 0.444. The maximum Gasteiger partial charge on any atom is 0.257 e. The molecule has 0 spiro atoms. The molecule has 0 radical (unpaired) electrons. The van der Waals surface area contributed by atoms with E-state index < -0.39 is 0 Å². The van der Waals surface area contributed by atoms with E-state index in [4.69, 9.17) is 4.52 Å². The van der Waals surface area contributed by atoms with Gasteiger partial charge in [0.05, 0.1) is 5.69 Å². The van der Waals surface area contributed by atoms with Gasteiger partial charge in [-0.3, -0.25) is 4.79 Å². The molecule has 0 aliphatic rings. The molecular formula is C18H25N3O2. The highest BCUT2D eigenvalue weighted by molar-refractivity contribution is 5.96. The van der Waals surface area contributed by atoms with E-state index in [1.54, 1.807) is 6.92 Å². The minimum atomic E-state index is -0.132. The summed E-state index contributed by atoms with van der Waals surface area (Å²) in [7, 11) is 4.07. The van der Waals surface area contributed by atoms with Crippen LogP contribution in [0, 0.1) is 6.92 Å². The van der Waals surface area contributed by atoms with Crippen molar-refractivity contribution in [2.75, 3.05) is 14.1 Å². The number of hydrogen-bond acceptors (Lipinski definition) is 4. The number of rotatable bonds is 6. The number of hydrogen-bond donors (Lipinski definition) is 1. The highest BCUT2D eigenvalue weighted by atomic mass is 16.5. The summed E-state index contributed by atoms with van der Waals surface area (Å²) in [4.78, 5) is 14.6. The van der Waals surface area contributed by atoms with Gasteiger partial charge < -0.3 is 14.7 Å². The zero-order valence-corrected chi connectivity index (χ0v) is 14.5. The molecule has 0 atom stereocenters. The third kappa shape index (κ3) is 4.20. The average Bonchev–Trinajstić information content (AvgIpc) is 2.87. The summed E-state index contributed by atoms with van der Waals surface area (Å²) in [6.45, 7) is 7.11.